The number of nitrogens with two attached hydrogens (primary N) is 1. The summed E-state index contributed by atoms with van der Waals surface area (Å²) in [4.78, 5) is 12.5. The third-order valence-electron chi connectivity index (χ3n) is 3.44. The normalized spacial score (nSPS) is 10.1. The molecule has 0 spiro atoms. The average molecular weight is 316 g/mol. The molecule has 0 saturated carbocycles. The molecule has 122 valence electrons. The molecule has 0 fully saturated rings. The summed E-state index contributed by atoms with van der Waals surface area (Å²) in [5.74, 6) is 1.27. The van der Waals surface area contributed by atoms with Crippen LogP contribution in [0, 0.1) is 6.92 Å². The lowest BCUT2D eigenvalue weighted by atomic mass is 10.1. The highest BCUT2D eigenvalue weighted by molar-refractivity contribution is 6.10. The molecular formula is C17H20N2O4. The van der Waals surface area contributed by atoms with Crippen LogP contribution in [-0.2, 0) is 0 Å². The van der Waals surface area contributed by atoms with E-state index in [0.29, 0.717) is 17.2 Å². The van der Waals surface area contributed by atoms with Crippen LogP contribution >= 0.6 is 0 Å². The van der Waals surface area contributed by atoms with Gasteiger partial charge in [0.05, 0.1) is 27.0 Å². The standard InChI is InChI=1S/C17H20N2O4/c1-10-7-11(5-6-14(10)22-3)19-17(20)16-13(18)8-12(21-2)9-15(16)23-4/h5-9H,18H2,1-4H3,(H,19,20). The third-order valence-corrected chi connectivity index (χ3v) is 3.44. The first kappa shape index (κ1) is 16.5. The van der Waals surface area contributed by atoms with Gasteiger partial charge in [0.25, 0.3) is 5.91 Å². The Morgan fingerprint density at radius 1 is 1.00 bits per heavy atom. The minimum Gasteiger partial charge on any atom is -0.497 e. The van der Waals surface area contributed by atoms with E-state index in [4.69, 9.17) is 19.9 Å². The smallest absolute Gasteiger partial charge is 0.261 e. The van der Waals surface area contributed by atoms with Gasteiger partial charge >= 0.3 is 0 Å². The molecule has 1 amide bonds. The summed E-state index contributed by atoms with van der Waals surface area (Å²) in [6.07, 6.45) is 0. The summed E-state index contributed by atoms with van der Waals surface area (Å²) < 4.78 is 15.6. The van der Waals surface area contributed by atoms with Gasteiger partial charge in [0.15, 0.2) is 0 Å². The number of hydrogen-bond acceptors (Lipinski definition) is 5. The number of nitrogen functional groups attached to an aromatic ring is 1. The number of methoxy groups -OCH3 is 3. The molecule has 0 unspecified atom stereocenters. The summed E-state index contributed by atoms with van der Waals surface area (Å²) >= 11 is 0. The van der Waals surface area contributed by atoms with Crippen LogP contribution in [0.3, 0.4) is 0 Å². The van der Waals surface area contributed by atoms with Crippen molar-refractivity contribution in [1.29, 1.82) is 0 Å². The van der Waals surface area contributed by atoms with Crippen LogP contribution in [0.2, 0.25) is 0 Å². The van der Waals surface area contributed by atoms with E-state index in [0.717, 1.165) is 11.3 Å². The summed E-state index contributed by atoms with van der Waals surface area (Å²) in [6.45, 7) is 1.90. The van der Waals surface area contributed by atoms with E-state index >= 15 is 0 Å². The lowest BCUT2D eigenvalue weighted by Crippen LogP contribution is -2.15. The van der Waals surface area contributed by atoms with Crippen LogP contribution < -0.4 is 25.3 Å². The lowest BCUT2D eigenvalue weighted by Gasteiger charge is -2.14. The molecule has 0 atom stereocenters. The van der Waals surface area contributed by atoms with Gasteiger partial charge in [0.2, 0.25) is 0 Å². The average Bonchev–Trinajstić information content (AvgIpc) is 2.53. The largest absolute Gasteiger partial charge is 0.497 e. The maximum Gasteiger partial charge on any atom is 0.261 e. The maximum absolute atomic E-state index is 12.5. The predicted octanol–water partition coefficient (Wildman–Crippen LogP) is 2.86. The Morgan fingerprint density at radius 3 is 2.26 bits per heavy atom. The number of carbonyl (C=O) groups is 1. The SMILES string of the molecule is COc1cc(N)c(C(=O)Nc2ccc(OC)c(C)c2)c(OC)c1. The fourth-order valence-electron chi connectivity index (χ4n) is 2.28. The summed E-state index contributed by atoms with van der Waals surface area (Å²) in [5, 5.41) is 2.81. The van der Waals surface area contributed by atoms with Crippen molar-refractivity contribution in [2.24, 2.45) is 0 Å². The van der Waals surface area contributed by atoms with Gasteiger partial charge in [-0.2, -0.15) is 0 Å². The molecule has 3 N–H and O–H groups in total. The highest BCUT2D eigenvalue weighted by Crippen LogP contribution is 2.31. The van der Waals surface area contributed by atoms with Gasteiger partial charge in [-0.3, -0.25) is 4.79 Å². The number of nitrogens with one attached hydrogen (secondary N) is 1. The molecule has 0 aliphatic carbocycles. The van der Waals surface area contributed by atoms with Crippen LogP contribution in [0.25, 0.3) is 0 Å². The molecule has 2 rings (SSSR count). The zero-order valence-electron chi connectivity index (χ0n) is 13.6. The zero-order chi connectivity index (χ0) is 17.0. The second-order valence-electron chi connectivity index (χ2n) is 4.93. The minimum atomic E-state index is -0.355. The van der Waals surface area contributed by atoms with Crippen LogP contribution in [0.15, 0.2) is 30.3 Å². The Morgan fingerprint density at radius 2 is 1.70 bits per heavy atom. The second kappa shape index (κ2) is 6.91. The quantitative estimate of drug-likeness (QED) is 0.829. The van der Waals surface area contributed by atoms with Crippen molar-refractivity contribution in [2.75, 3.05) is 32.4 Å². The first-order chi connectivity index (χ1) is 11.0. The topological polar surface area (TPSA) is 82.8 Å². The van der Waals surface area contributed by atoms with Gasteiger partial charge in [-0.05, 0) is 30.7 Å². The van der Waals surface area contributed by atoms with Crippen molar-refractivity contribution in [3.05, 3.63) is 41.5 Å². The monoisotopic (exact) mass is 316 g/mol. The lowest BCUT2D eigenvalue weighted by molar-refractivity contribution is 0.102. The Balaban J connectivity index is 2.32. The van der Waals surface area contributed by atoms with Crippen molar-refractivity contribution in [3.8, 4) is 17.2 Å². The van der Waals surface area contributed by atoms with Crippen molar-refractivity contribution < 1.29 is 19.0 Å². The Hall–Kier alpha value is -2.89. The highest BCUT2D eigenvalue weighted by atomic mass is 16.5. The fourth-order valence-corrected chi connectivity index (χ4v) is 2.28. The molecule has 0 aliphatic rings. The van der Waals surface area contributed by atoms with Gasteiger partial charge in [0, 0.05) is 17.8 Å². The van der Waals surface area contributed by atoms with E-state index in [1.54, 1.807) is 31.4 Å². The Labute approximate surface area is 135 Å². The maximum atomic E-state index is 12.5. The second-order valence-corrected chi connectivity index (χ2v) is 4.93. The van der Waals surface area contributed by atoms with E-state index in [-0.39, 0.29) is 17.2 Å². The Bertz CT molecular complexity index is 729. The molecule has 0 heterocycles. The molecule has 0 saturated heterocycles. The van der Waals surface area contributed by atoms with E-state index in [2.05, 4.69) is 5.32 Å². The van der Waals surface area contributed by atoms with E-state index in [1.807, 2.05) is 13.0 Å². The molecule has 2 aromatic rings. The van der Waals surface area contributed by atoms with Gasteiger partial charge < -0.3 is 25.3 Å². The molecule has 0 bridgehead atoms. The van der Waals surface area contributed by atoms with Crippen LogP contribution in [-0.4, -0.2) is 27.2 Å². The van der Waals surface area contributed by atoms with E-state index in [9.17, 15) is 4.79 Å². The number of ether oxygens (including phenoxy) is 3. The first-order valence-corrected chi connectivity index (χ1v) is 6.97. The fraction of sp³-hybridized carbons (Fsp3) is 0.235. The number of anilines is 2. The van der Waals surface area contributed by atoms with Crippen molar-refractivity contribution >= 4 is 17.3 Å². The highest BCUT2D eigenvalue weighted by Gasteiger charge is 2.18. The number of benzene rings is 2. The third kappa shape index (κ3) is 3.48. The molecule has 0 aromatic heterocycles. The zero-order valence-corrected chi connectivity index (χ0v) is 13.6. The van der Waals surface area contributed by atoms with Gasteiger partial charge in [0.1, 0.15) is 22.8 Å². The number of carbonyl (C=O) groups excluding carboxylic acids is 1. The number of aryl methyl sites for hydroxylation is 1. The molecule has 0 radical (unpaired) electrons. The Kier molecular flexibility index (Phi) is 4.95. The van der Waals surface area contributed by atoms with Crippen molar-refractivity contribution in [3.63, 3.8) is 0 Å². The van der Waals surface area contributed by atoms with Crippen LogP contribution in [0.5, 0.6) is 17.2 Å². The van der Waals surface area contributed by atoms with Gasteiger partial charge in [-0.1, -0.05) is 0 Å². The van der Waals surface area contributed by atoms with Gasteiger partial charge in [-0.25, -0.2) is 0 Å². The summed E-state index contributed by atoms with van der Waals surface area (Å²) in [5.41, 5.74) is 8.07. The molecule has 23 heavy (non-hydrogen) atoms. The van der Waals surface area contributed by atoms with Gasteiger partial charge in [-0.15, -0.1) is 0 Å². The minimum absolute atomic E-state index is 0.266. The van der Waals surface area contributed by atoms with Crippen molar-refractivity contribution in [2.45, 2.75) is 6.92 Å². The first-order valence-electron chi connectivity index (χ1n) is 6.97. The number of amides is 1. The number of hydrogen-bond donors (Lipinski definition) is 2. The van der Waals surface area contributed by atoms with E-state index in [1.165, 1.54) is 14.2 Å². The molecule has 6 heteroatoms. The van der Waals surface area contributed by atoms with Crippen molar-refractivity contribution in [1.82, 2.24) is 0 Å². The summed E-state index contributed by atoms with van der Waals surface area (Å²) in [6, 6.07) is 8.57. The summed E-state index contributed by atoms with van der Waals surface area (Å²) in [7, 11) is 4.60. The molecule has 6 nitrogen and oxygen atoms in total. The molecular weight excluding hydrogens is 296 g/mol. The number of rotatable bonds is 5. The molecule has 2 aromatic carbocycles. The predicted molar refractivity (Wildman–Crippen MR) is 89.6 cm³/mol. The van der Waals surface area contributed by atoms with Crippen LogP contribution in [0.4, 0.5) is 11.4 Å². The van der Waals surface area contributed by atoms with Crippen LogP contribution in [0.1, 0.15) is 15.9 Å². The molecule has 0 aliphatic heterocycles. The van der Waals surface area contributed by atoms with E-state index < -0.39 is 0 Å².